The average Bonchev–Trinajstić information content (AvgIpc) is 2.90. The Balaban J connectivity index is 0.00000200. The minimum absolute atomic E-state index is 0. The monoisotopic (exact) mass is 300 g/mol. The number of rotatable bonds is 4. The van der Waals surface area contributed by atoms with E-state index in [0.29, 0.717) is 6.54 Å². The third kappa shape index (κ3) is 4.18. The first-order chi connectivity index (χ1) is 8.99. The lowest BCUT2D eigenvalue weighted by molar-refractivity contribution is -0.123. The second-order valence-corrected chi connectivity index (χ2v) is 5.76. The molecule has 0 spiro atoms. The van der Waals surface area contributed by atoms with Gasteiger partial charge in [-0.05, 0) is 37.1 Å². The Labute approximate surface area is 125 Å². The molecule has 1 saturated heterocycles. The summed E-state index contributed by atoms with van der Waals surface area (Å²) in [5, 5.41) is 6.13. The van der Waals surface area contributed by atoms with Crippen molar-refractivity contribution in [1.29, 1.82) is 0 Å². The molecule has 0 aliphatic carbocycles. The van der Waals surface area contributed by atoms with Gasteiger partial charge in [0.2, 0.25) is 5.91 Å². The highest BCUT2D eigenvalue weighted by atomic mass is 35.5. The van der Waals surface area contributed by atoms with Gasteiger partial charge in [-0.15, -0.1) is 12.4 Å². The van der Waals surface area contributed by atoms with Gasteiger partial charge < -0.3 is 10.6 Å². The molecule has 2 rings (SSSR count). The number of hydrogen-bond acceptors (Lipinski definition) is 2. The van der Waals surface area contributed by atoms with E-state index in [9.17, 15) is 9.18 Å². The van der Waals surface area contributed by atoms with Crippen LogP contribution >= 0.6 is 12.4 Å². The zero-order chi connectivity index (χ0) is 13.9. The molecule has 1 unspecified atom stereocenters. The summed E-state index contributed by atoms with van der Waals surface area (Å²) in [5.41, 5.74) is 0.614. The first-order valence-corrected chi connectivity index (χ1v) is 6.76. The summed E-state index contributed by atoms with van der Waals surface area (Å²) < 4.78 is 13.2. The number of hydrogen-bond donors (Lipinski definition) is 2. The molecule has 20 heavy (non-hydrogen) atoms. The fourth-order valence-electron chi connectivity index (χ4n) is 2.35. The van der Waals surface area contributed by atoms with E-state index in [2.05, 4.69) is 10.6 Å². The molecule has 1 aromatic carbocycles. The molecule has 2 N–H and O–H groups in total. The van der Waals surface area contributed by atoms with Crippen molar-refractivity contribution < 1.29 is 9.18 Å². The lowest BCUT2D eigenvalue weighted by Gasteiger charge is -2.26. The van der Waals surface area contributed by atoms with Crippen LogP contribution in [0.1, 0.15) is 32.3 Å². The Hall–Kier alpha value is -1.13. The van der Waals surface area contributed by atoms with Crippen LogP contribution in [0.25, 0.3) is 0 Å². The molecule has 0 radical (unpaired) electrons. The maximum absolute atomic E-state index is 13.2. The molecule has 0 aromatic heterocycles. The van der Waals surface area contributed by atoms with Gasteiger partial charge in [0.05, 0.1) is 6.04 Å². The van der Waals surface area contributed by atoms with Crippen LogP contribution in [0.5, 0.6) is 0 Å². The molecule has 0 bridgehead atoms. The molecule has 0 saturated carbocycles. The largest absolute Gasteiger partial charge is 0.354 e. The van der Waals surface area contributed by atoms with Crippen LogP contribution < -0.4 is 10.6 Å². The molecule has 3 nitrogen and oxygen atoms in total. The van der Waals surface area contributed by atoms with Crippen LogP contribution in [-0.4, -0.2) is 25.0 Å². The molecule has 1 atom stereocenters. The highest BCUT2D eigenvalue weighted by molar-refractivity contribution is 5.85. The summed E-state index contributed by atoms with van der Waals surface area (Å²) in [6, 6.07) is 6.49. The van der Waals surface area contributed by atoms with Crippen LogP contribution in [-0.2, 0) is 10.2 Å². The van der Waals surface area contributed by atoms with E-state index in [4.69, 9.17) is 0 Å². The van der Waals surface area contributed by atoms with Gasteiger partial charge >= 0.3 is 0 Å². The number of carbonyl (C=O) groups excluding carboxylic acids is 1. The van der Waals surface area contributed by atoms with E-state index < -0.39 is 0 Å². The van der Waals surface area contributed by atoms with Crippen molar-refractivity contribution >= 4 is 18.3 Å². The summed E-state index contributed by atoms with van der Waals surface area (Å²) in [4.78, 5) is 11.9. The van der Waals surface area contributed by atoms with Gasteiger partial charge in [-0.1, -0.05) is 26.0 Å². The molecular weight excluding hydrogens is 279 g/mol. The van der Waals surface area contributed by atoms with Gasteiger partial charge in [0.1, 0.15) is 5.82 Å². The molecule has 1 aliphatic rings. The van der Waals surface area contributed by atoms with Gasteiger partial charge in [0.25, 0.3) is 0 Å². The van der Waals surface area contributed by atoms with Gasteiger partial charge in [-0.3, -0.25) is 4.79 Å². The van der Waals surface area contributed by atoms with Gasteiger partial charge in [-0.25, -0.2) is 4.39 Å². The fraction of sp³-hybridized carbons (Fsp3) is 0.533. The average molecular weight is 301 g/mol. The van der Waals surface area contributed by atoms with E-state index >= 15 is 0 Å². The molecule has 1 amide bonds. The highest BCUT2D eigenvalue weighted by Crippen LogP contribution is 2.23. The van der Waals surface area contributed by atoms with E-state index in [0.717, 1.165) is 24.9 Å². The van der Waals surface area contributed by atoms with Crippen LogP contribution in [0.4, 0.5) is 4.39 Å². The molecule has 1 heterocycles. The van der Waals surface area contributed by atoms with E-state index in [1.165, 1.54) is 12.1 Å². The summed E-state index contributed by atoms with van der Waals surface area (Å²) in [7, 11) is 0. The number of carbonyl (C=O) groups is 1. The highest BCUT2D eigenvalue weighted by Gasteiger charge is 2.26. The van der Waals surface area contributed by atoms with Crippen molar-refractivity contribution in [2.45, 2.75) is 38.1 Å². The molecule has 112 valence electrons. The van der Waals surface area contributed by atoms with E-state index in [1.807, 2.05) is 19.9 Å². The maximum atomic E-state index is 13.2. The Morgan fingerprint density at radius 2 is 2.25 bits per heavy atom. The molecule has 5 heteroatoms. The van der Waals surface area contributed by atoms with Gasteiger partial charge in [-0.2, -0.15) is 0 Å². The van der Waals surface area contributed by atoms with Crippen molar-refractivity contribution in [3.63, 3.8) is 0 Å². The fourth-order valence-corrected chi connectivity index (χ4v) is 2.35. The minimum Gasteiger partial charge on any atom is -0.354 e. The zero-order valence-electron chi connectivity index (χ0n) is 11.9. The second-order valence-electron chi connectivity index (χ2n) is 5.76. The molecule has 1 aromatic rings. The van der Waals surface area contributed by atoms with Crippen molar-refractivity contribution in [3.8, 4) is 0 Å². The minimum atomic E-state index is -0.281. The topological polar surface area (TPSA) is 41.1 Å². The quantitative estimate of drug-likeness (QED) is 0.896. The normalized spacial score (nSPS) is 18.4. The Kier molecular flexibility index (Phi) is 5.96. The Bertz CT molecular complexity index is 459. The van der Waals surface area contributed by atoms with E-state index in [1.54, 1.807) is 6.07 Å². The van der Waals surface area contributed by atoms with Gasteiger partial charge in [0, 0.05) is 12.0 Å². The van der Waals surface area contributed by atoms with Crippen LogP contribution in [0.3, 0.4) is 0 Å². The smallest absolute Gasteiger partial charge is 0.237 e. The number of benzene rings is 1. The molecule has 1 fully saturated rings. The molecule has 1 aliphatic heterocycles. The summed E-state index contributed by atoms with van der Waals surface area (Å²) in [5.74, 6) is -0.198. The zero-order valence-corrected chi connectivity index (χ0v) is 12.7. The predicted octanol–water partition coefficient (Wildman–Crippen LogP) is 2.39. The van der Waals surface area contributed by atoms with Crippen molar-refractivity contribution in [3.05, 3.63) is 35.6 Å². The Morgan fingerprint density at radius 3 is 2.85 bits per heavy atom. The third-order valence-corrected chi connectivity index (χ3v) is 3.69. The Morgan fingerprint density at radius 1 is 1.50 bits per heavy atom. The van der Waals surface area contributed by atoms with Crippen LogP contribution in [0, 0.1) is 5.82 Å². The van der Waals surface area contributed by atoms with Crippen molar-refractivity contribution in [2.24, 2.45) is 0 Å². The summed E-state index contributed by atoms with van der Waals surface area (Å²) in [6.45, 7) is 5.42. The first-order valence-electron chi connectivity index (χ1n) is 6.76. The number of halogens is 2. The second kappa shape index (κ2) is 7.04. The summed E-state index contributed by atoms with van der Waals surface area (Å²) in [6.07, 6.45) is 1.94. The number of amides is 1. The number of nitrogens with one attached hydrogen (secondary N) is 2. The van der Waals surface area contributed by atoms with E-state index in [-0.39, 0.29) is 35.6 Å². The van der Waals surface area contributed by atoms with Crippen molar-refractivity contribution in [2.75, 3.05) is 13.1 Å². The predicted molar refractivity (Wildman–Crippen MR) is 80.7 cm³/mol. The lowest BCUT2D eigenvalue weighted by atomic mass is 9.84. The first kappa shape index (κ1) is 16.9. The van der Waals surface area contributed by atoms with Gasteiger partial charge in [0.15, 0.2) is 0 Å². The maximum Gasteiger partial charge on any atom is 0.237 e. The lowest BCUT2D eigenvalue weighted by Crippen LogP contribution is -2.45. The van der Waals surface area contributed by atoms with Crippen LogP contribution in [0.2, 0.25) is 0 Å². The van der Waals surface area contributed by atoms with Crippen LogP contribution in [0.15, 0.2) is 24.3 Å². The standard InChI is InChI=1S/C15H21FN2O.ClH/c1-15(2,11-5-3-6-12(16)9-11)10-18-14(19)13-7-4-8-17-13;/h3,5-6,9,13,17H,4,7-8,10H2,1-2H3,(H,18,19);1H. The molecular formula is C15H22ClFN2O. The third-order valence-electron chi connectivity index (χ3n) is 3.69. The summed E-state index contributed by atoms with van der Waals surface area (Å²) >= 11 is 0. The van der Waals surface area contributed by atoms with Crippen molar-refractivity contribution in [1.82, 2.24) is 10.6 Å². The SMILES string of the molecule is CC(C)(CNC(=O)C1CCCN1)c1cccc(F)c1.Cl.